The van der Waals surface area contributed by atoms with Crippen LogP contribution < -0.4 is 5.32 Å². The summed E-state index contributed by atoms with van der Waals surface area (Å²) in [5.74, 6) is -0.125. The van der Waals surface area contributed by atoms with Gasteiger partial charge in [-0.3, -0.25) is 4.79 Å². The number of carbonyl (C=O) groups is 1. The molecule has 1 N–H and O–H groups in total. The van der Waals surface area contributed by atoms with Gasteiger partial charge >= 0.3 is 0 Å². The summed E-state index contributed by atoms with van der Waals surface area (Å²) >= 11 is 1.53. The Morgan fingerprint density at radius 2 is 2.17 bits per heavy atom. The number of hydrogen-bond acceptors (Lipinski definition) is 4. The van der Waals surface area contributed by atoms with Crippen molar-refractivity contribution in [1.82, 2.24) is 10.3 Å². The number of aromatic nitrogens is 1. The minimum atomic E-state index is -0.351. The zero-order chi connectivity index (χ0) is 16.9. The molecule has 0 spiro atoms. The summed E-state index contributed by atoms with van der Waals surface area (Å²) in [7, 11) is 0. The molecule has 6 heteroatoms. The van der Waals surface area contributed by atoms with E-state index in [1.165, 1.54) is 29.7 Å². The Hall–Kier alpha value is -2.73. The number of nitrogens with one attached hydrogen (secondary N) is 1. The molecule has 0 fully saturated rings. The number of allylic oxidation sites excluding steroid dienone is 1. The van der Waals surface area contributed by atoms with E-state index in [2.05, 4.69) is 10.3 Å². The Morgan fingerprint density at radius 3 is 2.92 bits per heavy atom. The number of benzene rings is 1. The summed E-state index contributed by atoms with van der Waals surface area (Å²) in [5.41, 5.74) is 1.60. The molecule has 0 aliphatic heterocycles. The molecular formula is C18H15FN2O2S. The van der Waals surface area contributed by atoms with Crippen LogP contribution in [0.5, 0.6) is 0 Å². The monoisotopic (exact) mass is 342 g/mol. The van der Waals surface area contributed by atoms with Crippen LogP contribution in [0.4, 0.5) is 4.39 Å². The molecule has 0 saturated heterocycles. The third-order valence-electron chi connectivity index (χ3n) is 3.37. The highest BCUT2D eigenvalue weighted by atomic mass is 32.1. The van der Waals surface area contributed by atoms with Crippen molar-refractivity contribution in [2.24, 2.45) is 0 Å². The summed E-state index contributed by atoms with van der Waals surface area (Å²) < 4.78 is 19.1. The molecule has 0 aliphatic carbocycles. The third-order valence-corrected chi connectivity index (χ3v) is 4.23. The number of oxazole rings is 1. The largest absolute Gasteiger partial charge is 0.443 e. The van der Waals surface area contributed by atoms with E-state index in [9.17, 15) is 9.18 Å². The SMILES string of the molecule is CC(=CC(=O)NCc1coc(-c2cccs2)n1)c1ccccc1F. The average molecular weight is 342 g/mol. The number of amides is 1. The molecule has 24 heavy (non-hydrogen) atoms. The second-order valence-electron chi connectivity index (χ2n) is 5.15. The molecule has 0 aliphatic rings. The lowest BCUT2D eigenvalue weighted by Crippen LogP contribution is -2.20. The number of carbonyl (C=O) groups excluding carboxylic acids is 1. The van der Waals surface area contributed by atoms with Gasteiger partial charge in [0.05, 0.1) is 17.1 Å². The Bertz CT molecular complexity index is 869. The lowest BCUT2D eigenvalue weighted by atomic mass is 10.1. The molecule has 0 radical (unpaired) electrons. The first-order chi connectivity index (χ1) is 11.6. The zero-order valence-electron chi connectivity index (χ0n) is 13.0. The molecule has 3 rings (SSSR count). The predicted octanol–water partition coefficient (Wildman–Crippen LogP) is 4.26. The topological polar surface area (TPSA) is 55.1 Å². The van der Waals surface area contributed by atoms with E-state index in [-0.39, 0.29) is 18.3 Å². The maximum atomic E-state index is 13.7. The number of thiophene rings is 1. The minimum absolute atomic E-state index is 0.245. The summed E-state index contributed by atoms with van der Waals surface area (Å²) in [5, 5.41) is 4.66. The lowest BCUT2D eigenvalue weighted by Gasteiger charge is -2.04. The van der Waals surface area contributed by atoms with Crippen LogP contribution in [0, 0.1) is 5.82 Å². The second-order valence-corrected chi connectivity index (χ2v) is 6.09. The number of halogens is 1. The van der Waals surface area contributed by atoms with Crippen molar-refractivity contribution in [3.05, 3.63) is 71.2 Å². The van der Waals surface area contributed by atoms with Crippen molar-refractivity contribution < 1.29 is 13.6 Å². The van der Waals surface area contributed by atoms with Gasteiger partial charge in [-0.25, -0.2) is 9.37 Å². The first kappa shape index (κ1) is 16.1. The predicted molar refractivity (Wildman–Crippen MR) is 91.7 cm³/mol. The van der Waals surface area contributed by atoms with Crippen LogP contribution in [0.15, 0.2) is 58.5 Å². The summed E-state index contributed by atoms with van der Waals surface area (Å²) in [6.45, 7) is 1.94. The van der Waals surface area contributed by atoms with E-state index in [0.717, 1.165) is 4.88 Å². The third kappa shape index (κ3) is 3.78. The van der Waals surface area contributed by atoms with Gasteiger partial charge in [-0.05, 0) is 30.0 Å². The summed E-state index contributed by atoms with van der Waals surface area (Å²) in [6, 6.07) is 10.2. The van der Waals surface area contributed by atoms with Crippen LogP contribution in [0.2, 0.25) is 0 Å². The molecule has 1 aromatic carbocycles. The van der Waals surface area contributed by atoms with Crippen molar-refractivity contribution in [2.75, 3.05) is 0 Å². The van der Waals surface area contributed by atoms with Gasteiger partial charge in [-0.1, -0.05) is 24.3 Å². The van der Waals surface area contributed by atoms with Crippen LogP contribution in [0.25, 0.3) is 16.3 Å². The van der Waals surface area contributed by atoms with Gasteiger partial charge in [0.25, 0.3) is 0 Å². The summed E-state index contributed by atoms with van der Waals surface area (Å²) in [6.07, 6.45) is 2.89. The van der Waals surface area contributed by atoms with E-state index < -0.39 is 0 Å². The maximum Gasteiger partial charge on any atom is 0.244 e. The lowest BCUT2D eigenvalue weighted by molar-refractivity contribution is -0.116. The Morgan fingerprint density at radius 1 is 1.33 bits per heavy atom. The van der Waals surface area contributed by atoms with Gasteiger partial charge in [0, 0.05) is 11.6 Å². The average Bonchev–Trinajstić information content (AvgIpc) is 3.24. The maximum absolute atomic E-state index is 13.7. The van der Waals surface area contributed by atoms with Gasteiger partial charge in [0.15, 0.2) is 0 Å². The van der Waals surface area contributed by atoms with E-state index >= 15 is 0 Å². The van der Waals surface area contributed by atoms with E-state index in [1.54, 1.807) is 25.1 Å². The highest BCUT2D eigenvalue weighted by Gasteiger charge is 2.09. The first-order valence-corrected chi connectivity index (χ1v) is 8.21. The van der Waals surface area contributed by atoms with Gasteiger partial charge < -0.3 is 9.73 Å². The van der Waals surface area contributed by atoms with Crippen LogP contribution in [-0.4, -0.2) is 10.9 Å². The number of hydrogen-bond donors (Lipinski definition) is 1. The van der Waals surface area contributed by atoms with Crippen LogP contribution in [0.1, 0.15) is 18.2 Å². The fourth-order valence-electron chi connectivity index (χ4n) is 2.19. The van der Waals surface area contributed by atoms with Gasteiger partial charge in [0.2, 0.25) is 11.8 Å². The fourth-order valence-corrected chi connectivity index (χ4v) is 2.84. The van der Waals surface area contributed by atoms with E-state index in [1.807, 2.05) is 17.5 Å². The first-order valence-electron chi connectivity index (χ1n) is 7.33. The molecule has 3 aromatic rings. The normalized spacial score (nSPS) is 11.5. The molecule has 2 aromatic heterocycles. The molecule has 0 unspecified atom stereocenters. The standard InChI is InChI=1S/C18H15FN2O2S/c1-12(14-5-2-3-6-15(14)19)9-17(22)20-10-13-11-23-18(21-13)16-7-4-8-24-16/h2-9,11H,10H2,1H3,(H,20,22). The number of nitrogens with zero attached hydrogens (tertiary/aromatic N) is 1. The minimum Gasteiger partial charge on any atom is -0.443 e. The Balaban J connectivity index is 1.62. The second kappa shape index (κ2) is 7.23. The highest BCUT2D eigenvalue weighted by molar-refractivity contribution is 7.13. The quantitative estimate of drug-likeness (QED) is 0.705. The van der Waals surface area contributed by atoms with Crippen LogP contribution >= 0.6 is 11.3 Å². The van der Waals surface area contributed by atoms with Gasteiger partial charge in [-0.2, -0.15) is 0 Å². The summed E-state index contributed by atoms with van der Waals surface area (Å²) in [4.78, 5) is 17.2. The smallest absolute Gasteiger partial charge is 0.244 e. The molecule has 0 bridgehead atoms. The van der Waals surface area contributed by atoms with Gasteiger partial charge in [0.1, 0.15) is 12.1 Å². The molecule has 0 saturated carbocycles. The van der Waals surface area contributed by atoms with Crippen molar-refractivity contribution >= 4 is 22.8 Å². The molecule has 122 valence electrons. The Labute approximate surface area is 142 Å². The molecule has 1 amide bonds. The Kier molecular flexibility index (Phi) is 4.86. The van der Waals surface area contributed by atoms with E-state index in [4.69, 9.17) is 4.42 Å². The van der Waals surface area contributed by atoms with Crippen molar-refractivity contribution in [3.63, 3.8) is 0 Å². The van der Waals surface area contributed by atoms with Crippen molar-refractivity contribution in [3.8, 4) is 10.8 Å². The molecular weight excluding hydrogens is 327 g/mol. The van der Waals surface area contributed by atoms with Crippen molar-refractivity contribution in [1.29, 1.82) is 0 Å². The zero-order valence-corrected chi connectivity index (χ0v) is 13.8. The van der Waals surface area contributed by atoms with Crippen LogP contribution in [-0.2, 0) is 11.3 Å². The highest BCUT2D eigenvalue weighted by Crippen LogP contribution is 2.23. The van der Waals surface area contributed by atoms with Crippen LogP contribution in [0.3, 0.4) is 0 Å². The molecule has 4 nitrogen and oxygen atoms in total. The van der Waals surface area contributed by atoms with Crippen molar-refractivity contribution in [2.45, 2.75) is 13.5 Å². The fraction of sp³-hybridized carbons (Fsp3) is 0.111. The number of rotatable bonds is 5. The molecule has 0 atom stereocenters. The van der Waals surface area contributed by atoms with E-state index in [0.29, 0.717) is 22.7 Å². The van der Waals surface area contributed by atoms with Gasteiger partial charge in [-0.15, -0.1) is 11.3 Å². The molecule has 2 heterocycles.